The van der Waals surface area contributed by atoms with E-state index < -0.39 is 0 Å². The monoisotopic (exact) mass is 163 g/mol. The molecule has 2 N–H and O–H groups in total. The minimum Gasteiger partial charge on any atom is -0.324 e. The van der Waals surface area contributed by atoms with E-state index in [1.165, 1.54) is 0 Å². The standard InChI is InChI=1S/C10H13NO/c1-7(11)9-3-5-10(6-4-9)8(2)12/h3-7H,11H2,1-2H3. The summed E-state index contributed by atoms with van der Waals surface area (Å²) in [6.45, 7) is 3.48. The Morgan fingerprint density at radius 1 is 1.33 bits per heavy atom. The molecule has 1 unspecified atom stereocenters. The lowest BCUT2D eigenvalue weighted by atomic mass is 10.1. The number of nitrogens with two attached hydrogens (primary N) is 1. The van der Waals surface area contributed by atoms with E-state index in [0.29, 0.717) is 0 Å². The first-order valence-corrected chi connectivity index (χ1v) is 3.97. The Balaban J connectivity index is 2.93. The second-order valence-corrected chi connectivity index (χ2v) is 2.97. The van der Waals surface area contributed by atoms with Gasteiger partial charge in [-0.3, -0.25) is 4.79 Å². The first kappa shape index (κ1) is 8.94. The molecule has 1 aromatic carbocycles. The molecule has 0 fully saturated rings. The third kappa shape index (κ3) is 1.92. The van der Waals surface area contributed by atoms with Crippen molar-refractivity contribution >= 4 is 5.78 Å². The van der Waals surface area contributed by atoms with E-state index in [1.54, 1.807) is 19.1 Å². The zero-order valence-electron chi connectivity index (χ0n) is 7.37. The summed E-state index contributed by atoms with van der Waals surface area (Å²) < 4.78 is 0. The fraction of sp³-hybridized carbons (Fsp3) is 0.300. The number of carbonyl (C=O) groups is 1. The minimum atomic E-state index is 0.0333. The Morgan fingerprint density at radius 3 is 2.17 bits per heavy atom. The average Bonchev–Trinajstić information content (AvgIpc) is 2.04. The van der Waals surface area contributed by atoms with Crippen LogP contribution < -0.4 is 5.73 Å². The van der Waals surface area contributed by atoms with Gasteiger partial charge >= 0.3 is 0 Å². The fourth-order valence-corrected chi connectivity index (χ4v) is 1.02. The van der Waals surface area contributed by atoms with Crippen LogP contribution in [0.4, 0.5) is 0 Å². The van der Waals surface area contributed by atoms with Gasteiger partial charge in [0.15, 0.2) is 5.78 Å². The lowest BCUT2D eigenvalue weighted by Crippen LogP contribution is -2.05. The number of rotatable bonds is 2. The second kappa shape index (κ2) is 3.50. The van der Waals surface area contributed by atoms with Crippen LogP contribution in [0.1, 0.15) is 35.8 Å². The Hall–Kier alpha value is -1.15. The summed E-state index contributed by atoms with van der Waals surface area (Å²) in [6.07, 6.45) is 0. The summed E-state index contributed by atoms with van der Waals surface area (Å²) >= 11 is 0. The van der Waals surface area contributed by atoms with Crippen LogP contribution in [-0.2, 0) is 0 Å². The molecule has 1 aromatic rings. The van der Waals surface area contributed by atoms with Crippen LogP contribution in [0.25, 0.3) is 0 Å². The first-order chi connectivity index (χ1) is 5.61. The van der Waals surface area contributed by atoms with E-state index in [1.807, 2.05) is 19.1 Å². The van der Waals surface area contributed by atoms with Crippen molar-refractivity contribution in [1.82, 2.24) is 0 Å². The van der Waals surface area contributed by atoms with Crippen LogP contribution in [0.15, 0.2) is 24.3 Å². The number of carbonyl (C=O) groups excluding carboxylic acids is 1. The highest BCUT2D eigenvalue weighted by atomic mass is 16.1. The number of Topliss-reactive ketones (excluding diaryl/α,β-unsaturated/α-hetero) is 1. The van der Waals surface area contributed by atoms with Gasteiger partial charge in [-0.05, 0) is 19.4 Å². The molecule has 0 saturated heterocycles. The van der Waals surface area contributed by atoms with Gasteiger partial charge < -0.3 is 5.73 Å². The Labute approximate surface area is 72.4 Å². The largest absolute Gasteiger partial charge is 0.324 e. The SMILES string of the molecule is CC(=O)c1ccc(C(C)N)cc1. The van der Waals surface area contributed by atoms with Gasteiger partial charge in [-0.1, -0.05) is 24.3 Å². The van der Waals surface area contributed by atoms with Crippen LogP contribution in [-0.4, -0.2) is 5.78 Å². The molecule has 0 aliphatic heterocycles. The molecule has 1 atom stereocenters. The van der Waals surface area contributed by atoms with Gasteiger partial charge in [-0.15, -0.1) is 0 Å². The Morgan fingerprint density at radius 2 is 1.83 bits per heavy atom. The molecule has 0 aliphatic carbocycles. The fourth-order valence-electron chi connectivity index (χ4n) is 1.02. The lowest BCUT2D eigenvalue weighted by Gasteiger charge is -2.04. The van der Waals surface area contributed by atoms with Crippen molar-refractivity contribution in [3.63, 3.8) is 0 Å². The van der Waals surface area contributed by atoms with Gasteiger partial charge in [0.1, 0.15) is 0 Å². The minimum absolute atomic E-state index is 0.0333. The molecule has 2 heteroatoms. The summed E-state index contributed by atoms with van der Waals surface area (Å²) in [7, 11) is 0. The summed E-state index contributed by atoms with van der Waals surface area (Å²) in [4.78, 5) is 10.9. The van der Waals surface area contributed by atoms with Crippen molar-refractivity contribution in [3.8, 4) is 0 Å². The van der Waals surface area contributed by atoms with Crippen LogP contribution >= 0.6 is 0 Å². The molecule has 0 radical (unpaired) electrons. The average molecular weight is 163 g/mol. The maximum absolute atomic E-state index is 10.9. The van der Waals surface area contributed by atoms with Gasteiger partial charge in [0.25, 0.3) is 0 Å². The summed E-state index contributed by atoms with van der Waals surface area (Å²) in [5.74, 6) is 0.0891. The molecular formula is C10H13NO. The summed E-state index contributed by atoms with van der Waals surface area (Å²) in [5.41, 5.74) is 7.45. The van der Waals surface area contributed by atoms with E-state index >= 15 is 0 Å². The third-order valence-corrected chi connectivity index (χ3v) is 1.84. The van der Waals surface area contributed by atoms with E-state index in [-0.39, 0.29) is 11.8 Å². The van der Waals surface area contributed by atoms with Crippen molar-refractivity contribution in [1.29, 1.82) is 0 Å². The van der Waals surface area contributed by atoms with Crippen LogP contribution in [0.5, 0.6) is 0 Å². The molecule has 0 aliphatic rings. The van der Waals surface area contributed by atoms with Crippen LogP contribution in [0, 0.1) is 0 Å². The van der Waals surface area contributed by atoms with Gasteiger partial charge in [0, 0.05) is 11.6 Å². The van der Waals surface area contributed by atoms with Gasteiger partial charge in [-0.2, -0.15) is 0 Å². The smallest absolute Gasteiger partial charge is 0.159 e. The predicted octanol–water partition coefficient (Wildman–Crippen LogP) is 1.91. The zero-order chi connectivity index (χ0) is 9.14. The number of benzene rings is 1. The first-order valence-electron chi connectivity index (χ1n) is 3.97. The molecule has 0 heterocycles. The number of ketones is 1. The summed E-state index contributed by atoms with van der Waals surface area (Å²) in [6, 6.07) is 7.43. The quantitative estimate of drug-likeness (QED) is 0.677. The molecule has 64 valence electrons. The molecule has 0 amide bonds. The topological polar surface area (TPSA) is 43.1 Å². The van der Waals surface area contributed by atoms with E-state index in [4.69, 9.17) is 5.73 Å². The van der Waals surface area contributed by atoms with Crippen molar-refractivity contribution in [2.24, 2.45) is 5.73 Å². The van der Waals surface area contributed by atoms with Crippen LogP contribution in [0.3, 0.4) is 0 Å². The van der Waals surface area contributed by atoms with E-state index in [9.17, 15) is 4.79 Å². The molecule has 0 saturated carbocycles. The lowest BCUT2D eigenvalue weighted by molar-refractivity contribution is 0.101. The van der Waals surface area contributed by atoms with Gasteiger partial charge in [-0.25, -0.2) is 0 Å². The maximum Gasteiger partial charge on any atom is 0.159 e. The Bertz CT molecular complexity index is 274. The molecule has 0 bridgehead atoms. The molecular weight excluding hydrogens is 150 g/mol. The van der Waals surface area contributed by atoms with Gasteiger partial charge in [0.2, 0.25) is 0 Å². The molecule has 12 heavy (non-hydrogen) atoms. The van der Waals surface area contributed by atoms with Crippen molar-refractivity contribution in [2.45, 2.75) is 19.9 Å². The van der Waals surface area contributed by atoms with Crippen LogP contribution in [0.2, 0.25) is 0 Å². The highest BCUT2D eigenvalue weighted by molar-refractivity contribution is 5.94. The normalized spacial score (nSPS) is 12.6. The van der Waals surface area contributed by atoms with E-state index in [2.05, 4.69) is 0 Å². The zero-order valence-corrected chi connectivity index (χ0v) is 7.37. The third-order valence-electron chi connectivity index (χ3n) is 1.84. The molecule has 1 rings (SSSR count). The number of hydrogen-bond acceptors (Lipinski definition) is 2. The van der Waals surface area contributed by atoms with Gasteiger partial charge in [0.05, 0.1) is 0 Å². The summed E-state index contributed by atoms with van der Waals surface area (Å²) in [5, 5.41) is 0. The van der Waals surface area contributed by atoms with Crippen molar-refractivity contribution < 1.29 is 4.79 Å². The maximum atomic E-state index is 10.9. The predicted molar refractivity (Wildman–Crippen MR) is 49.0 cm³/mol. The Kier molecular flexibility index (Phi) is 2.61. The molecule has 2 nitrogen and oxygen atoms in total. The highest BCUT2D eigenvalue weighted by Gasteiger charge is 2.00. The number of hydrogen-bond donors (Lipinski definition) is 1. The van der Waals surface area contributed by atoms with Crippen molar-refractivity contribution in [3.05, 3.63) is 35.4 Å². The van der Waals surface area contributed by atoms with Crippen molar-refractivity contribution in [2.75, 3.05) is 0 Å². The molecule has 0 aromatic heterocycles. The second-order valence-electron chi connectivity index (χ2n) is 2.97. The molecule has 0 spiro atoms. The van der Waals surface area contributed by atoms with E-state index in [0.717, 1.165) is 11.1 Å². The highest BCUT2D eigenvalue weighted by Crippen LogP contribution is 2.10.